The number of benzene rings is 2. The molecule has 0 bridgehead atoms. The molecular formula is C27H31Cl2N5O2. The number of anilines is 1. The first-order chi connectivity index (χ1) is 17.4. The zero-order valence-corrected chi connectivity index (χ0v) is 21.9. The minimum Gasteiger partial charge on any atom is -0.369 e. The van der Waals surface area contributed by atoms with Crippen molar-refractivity contribution in [3.05, 3.63) is 57.6 Å². The van der Waals surface area contributed by atoms with Crippen LogP contribution in [0, 0.1) is 11.8 Å². The van der Waals surface area contributed by atoms with Gasteiger partial charge < -0.3 is 20.5 Å². The predicted molar refractivity (Wildman–Crippen MR) is 144 cm³/mol. The molecule has 1 saturated carbocycles. The number of nitrogens with zero attached hydrogens (tertiary/aromatic N) is 3. The molecular weight excluding hydrogens is 497 g/mol. The molecule has 5 rings (SSSR count). The number of primary amides is 1. The van der Waals surface area contributed by atoms with E-state index >= 15 is 0 Å². The molecule has 2 aliphatic rings. The maximum absolute atomic E-state index is 12.1. The van der Waals surface area contributed by atoms with Crippen LogP contribution in [0.25, 0.3) is 11.0 Å². The fraction of sp³-hybridized carbons (Fsp3) is 0.444. The number of carbonyl (C=O) groups excluding carboxylic acids is 2. The molecule has 1 aromatic heterocycles. The summed E-state index contributed by atoms with van der Waals surface area (Å²) in [6, 6.07) is 11.5. The van der Waals surface area contributed by atoms with Crippen LogP contribution < -0.4 is 16.0 Å². The van der Waals surface area contributed by atoms with E-state index in [0.717, 1.165) is 48.4 Å². The van der Waals surface area contributed by atoms with Gasteiger partial charge in [0, 0.05) is 31.1 Å². The Morgan fingerprint density at radius 1 is 1.08 bits per heavy atom. The highest BCUT2D eigenvalue weighted by atomic mass is 35.5. The number of rotatable bonds is 6. The van der Waals surface area contributed by atoms with E-state index in [1.54, 1.807) is 7.05 Å². The standard InChI is InChI=1S/C27H31Cl2N5O2/c1-31-26(36)18-8-6-16(7-9-18)15-34-24-14-21(29)20(28)13-22(24)32-27(34)33-11-10-19(25(30)35)12-23(33)17-4-2-3-5-17/h6-9,13-14,17,19,23H,2-5,10-12,15H2,1H3,(H2,30,35)(H,31,36). The molecule has 2 atom stereocenters. The van der Waals surface area contributed by atoms with Crippen LogP contribution in [-0.2, 0) is 11.3 Å². The van der Waals surface area contributed by atoms with E-state index in [9.17, 15) is 9.59 Å². The summed E-state index contributed by atoms with van der Waals surface area (Å²) in [6.45, 7) is 1.28. The summed E-state index contributed by atoms with van der Waals surface area (Å²) in [5, 5.41) is 3.60. The molecule has 0 spiro atoms. The third-order valence-electron chi connectivity index (χ3n) is 7.80. The Balaban J connectivity index is 1.57. The van der Waals surface area contributed by atoms with Crippen molar-refractivity contribution in [1.29, 1.82) is 0 Å². The smallest absolute Gasteiger partial charge is 0.251 e. The molecule has 3 N–H and O–H groups in total. The van der Waals surface area contributed by atoms with Crippen molar-refractivity contribution >= 4 is 52.0 Å². The van der Waals surface area contributed by atoms with E-state index in [1.165, 1.54) is 12.8 Å². The molecule has 2 unspecified atom stereocenters. The van der Waals surface area contributed by atoms with Crippen molar-refractivity contribution in [2.75, 3.05) is 18.5 Å². The van der Waals surface area contributed by atoms with Crippen molar-refractivity contribution in [3.8, 4) is 0 Å². The molecule has 0 radical (unpaired) electrons. The molecule has 3 aromatic rings. The van der Waals surface area contributed by atoms with E-state index in [2.05, 4.69) is 14.8 Å². The number of carbonyl (C=O) groups is 2. The van der Waals surface area contributed by atoms with Gasteiger partial charge in [0.2, 0.25) is 11.9 Å². The number of fused-ring (bicyclic) bond motifs is 1. The average Bonchev–Trinajstić information content (AvgIpc) is 3.53. The fourth-order valence-corrected chi connectivity index (χ4v) is 6.18. The molecule has 2 aromatic carbocycles. The quantitative estimate of drug-likeness (QED) is 0.471. The van der Waals surface area contributed by atoms with Crippen molar-refractivity contribution in [3.63, 3.8) is 0 Å². The highest BCUT2D eigenvalue weighted by Gasteiger charge is 2.39. The van der Waals surface area contributed by atoms with E-state index in [1.807, 2.05) is 36.4 Å². The van der Waals surface area contributed by atoms with Crippen LogP contribution in [0.15, 0.2) is 36.4 Å². The first-order valence-corrected chi connectivity index (χ1v) is 13.3. The Labute approximate surface area is 220 Å². The van der Waals surface area contributed by atoms with Gasteiger partial charge in [0.1, 0.15) is 0 Å². The summed E-state index contributed by atoms with van der Waals surface area (Å²) in [5.74, 6) is 0.943. The van der Waals surface area contributed by atoms with Crippen molar-refractivity contribution in [2.45, 2.75) is 51.1 Å². The predicted octanol–water partition coefficient (Wildman–Crippen LogP) is 5.01. The molecule has 2 amide bonds. The van der Waals surface area contributed by atoms with Crippen molar-refractivity contribution in [1.82, 2.24) is 14.9 Å². The average molecular weight is 528 g/mol. The summed E-state index contributed by atoms with van der Waals surface area (Å²) in [7, 11) is 1.62. The summed E-state index contributed by atoms with van der Waals surface area (Å²) < 4.78 is 2.18. The lowest BCUT2D eigenvalue weighted by Crippen LogP contribution is -2.49. The Morgan fingerprint density at radius 3 is 2.44 bits per heavy atom. The highest BCUT2D eigenvalue weighted by molar-refractivity contribution is 6.42. The number of imidazole rings is 1. The lowest BCUT2D eigenvalue weighted by molar-refractivity contribution is -0.122. The van der Waals surface area contributed by atoms with Gasteiger partial charge in [-0.05, 0) is 61.4 Å². The number of aromatic nitrogens is 2. The van der Waals surface area contributed by atoms with Gasteiger partial charge in [-0.25, -0.2) is 4.98 Å². The first kappa shape index (κ1) is 24.9. The SMILES string of the molecule is CNC(=O)c1ccc(Cn2c(N3CCC(C(N)=O)CC3C3CCCC3)nc3cc(Cl)c(Cl)cc32)cc1. The molecule has 2 heterocycles. The van der Waals surface area contributed by atoms with Crippen LogP contribution in [0.4, 0.5) is 5.95 Å². The minimum atomic E-state index is -0.207. The van der Waals surface area contributed by atoms with Gasteiger partial charge in [0.15, 0.2) is 0 Å². The maximum atomic E-state index is 12.1. The van der Waals surface area contributed by atoms with Gasteiger partial charge in [-0.3, -0.25) is 9.59 Å². The zero-order valence-electron chi connectivity index (χ0n) is 20.3. The van der Waals surface area contributed by atoms with Gasteiger partial charge in [-0.2, -0.15) is 0 Å². The van der Waals surface area contributed by atoms with Gasteiger partial charge in [-0.1, -0.05) is 48.2 Å². The van der Waals surface area contributed by atoms with Gasteiger partial charge in [0.05, 0.1) is 27.6 Å². The monoisotopic (exact) mass is 527 g/mol. The summed E-state index contributed by atoms with van der Waals surface area (Å²) in [6.07, 6.45) is 6.22. The van der Waals surface area contributed by atoms with Crippen LogP contribution in [0.3, 0.4) is 0 Å². The van der Waals surface area contributed by atoms with Gasteiger partial charge in [0.25, 0.3) is 5.91 Å². The van der Waals surface area contributed by atoms with Crippen molar-refractivity contribution in [2.24, 2.45) is 17.6 Å². The molecule has 2 fully saturated rings. The summed E-state index contributed by atoms with van der Waals surface area (Å²) in [5.41, 5.74) is 9.08. The Bertz CT molecular complexity index is 1280. The maximum Gasteiger partial charge on any atom is 0.251 e. The van der Waals surface area contributed by atoms with Crippen LogP contribution in [0.1, 0.15) is 54.4 Å². The lowest BCUT2D eigenvalue weighted by atomic mass is 9.83. The van der Waals surface area contributed by atoms with Crippen LogP contribution >= 0.6 is 23.2 Å². The molecule has 190 valence electrons. The Hall–Kier alpha value is -2.77. The van der Waals surface area contributed by atoms with E-state index < -0.39 is 0 Å². The molecule has 1 aliphatic heterocycles. The number of nitrogens with one attached hydrogen (secondary N) is 1. The molecule has 9 heteroatoms. The second kappa shape index (κ2) is 10.3. The summed E-state index contributed by atoms with van der Waals surface area (Å²) in [4.78, 5) is 31.5. The number of piperidine rings is 1. The lowest BCUT2D eigenvalue weighted by Gasteiger charge is -2.42. The third kappa shape index (κ3) is 4.78. The number of nitrogens with two attached hydrogens (primary N) is 1. The number of hydrogen-bond donors (Lipinski definition) is 2. The largest absolute Gasteiger partial charge is 0.369 e. The van der Waals surface area contributed by atoms with E-state index in [0.29, 0.717) is 34.5 Å². The molecule has 1 aliphatic carbocycles. The van der Waals surface area contributed by atoms with E-state index in [4.69, 9.17) is 33.9 Å². The molecule has 1 saturated heterocycles. The first-order valence-electron chi connectivity index (χ1n) is 12.6. The minimum absolute atomic E-state index is 0.106. The topological polar surface area (TPSA) is 93.3 Å². The van der Waals surface area contributed by atoms with Crippen LogP contribution in [-0.4, -0.2) is 41.0 Å². The summed E-state index contributed by atoms with van der Waals surface area (Å²) >= 11 is 12.8. The van der Waals surface area contributed by atoms with Crippen molar-refractivity contribution < 1.29 is 9.59 Å². The van der Waals surface area contributed by atoms with Gasteiger partial charge in [-0.15, -0.1) is 0 Å². The third-order valence-corrected chi connectivity index (χ3v) is 8.52. The molecule has 7 nitrogen and oxygen atoms in total. The van der Waals surface area contributed by atoms with Gasteiger partial charge >= 0.3 is 0 Å². The van der Waals surface area contributed by atoms with Crippen LogP contribution in [0.5, 0.6) is 0 Å². The second-order valence-corrected chi connectivity index (χ2v) is 10.8. The Kier molecular flexibility index (Phi) is 7.13. The normalized spacial score (nSPS) is 20.7. The number of halogens is 2. The Morgan fingerprint density at radius 2 is 1.78 bits per heavy atom. The number of amides is 2. The fourth-order valence-electron chi connectivity index (χ4n) is 5.86. The zero-order chi connectivity index (χ0) is 25.4. The van der Waals surface area contributed by atoms with Crippen LogP contribution in [0.2, 0.25) is 10.0 Å². The number of hydrogen-bond acceptors (Lipinski definition) is 4. The molecule has 36 heavy (non-hydrogen) atoms. The second-order valence-electron chi connectivity index (χ2n) is 9.96. The van der Waals surface area contributed by atoms with E-state index in [-0.39, 0.29) is 23.8 Å². The highest BCUT2D eigenvalue weighted by Crippen LogP contribution is 2.40.